The predicted molar refractivity (Wildman–Crippen MR) is 97.7 cm³/mol. The molecule has 3 rings (SSSR count). The van der Waals surface area contributed by atoms with Crippen LogP contribution in [0.3, 0.4) is 0 Å². The molecule has 1 aromatic carbocycles. The highest BCUT2D eigenvalue weighted by Crippen LogP contribution is 2.32. The number of rotatable bonds is 5. The van der Waals surface area contributed by atoms with Crippen LogP contribution >= 0.6 is 11.8 Å². The third-order valence-electron chi connectivity index (χ3n) is 4.00. The van der Waals surface area contributed by atoms with Gasteiger partial charge in [-0.1, -0.05) is 12.1 Å². The van der Waals surface area contributed by atoms with Crippen LogP contribution < -0.4 is 4.74 Å². The van der Waals surface area contributed by atoms with Crippen molar-refractivity contribution in [3.8, 4) is 5.75 Å². The number of morpholine rings is 1. The Kier molecular flexibility index (Phi) is 5.95. The molecule has 2 aliphatic heterocycles. The number of benzene rings is 1. The molecule has 0 N–H and O–H groups in total. The Morgan fingerprint density at radius 2 is 2.08 bits per heavy atom. The summed E-state index contributed by atoms with van der Waals surface area (Å²) in [6.45, 7) is 4.12. The number of nitrogens with zero attached hydrogens (tertiary/aromatic N) is 2. The molecule has 0 atom stereocenters. The van der Waals surface area contributed by atoms with Crippen molar-refractivity contribution >= 4 is 34.9 Å². The Hall–Kier alpha value is -2.32. The van der Waals surface area contributed by atoms with E-state index in [1.807, 2.05) is 25.1 Å². The van der Waals surface area contributed by atoms with Crippen LogP contribution in [0.5, 0.6) is 5.75 Å². The van der Waals surface area contributed by atoms with Gasteiger partial charge in [0.05, 0.1) is 24.7 Å². The lowest BCUT2D eigenvalue weighted by Crippen LogP contribution is -2.46. The zero-order chi connectivity index (χ0) is 18.5. The fourth-order valence-electron chi connectivity index (χ4n) is 2.70. The molecule has 2 heterocycles. The molecule has 0 aliphatic carbocycles. The molecule has 138 valence electrons. The van der Waals surface area contributed by atoms with Crippen LogP contribution in [0, 0.1) is 0 Å². The number of carbonyl (C=O) groups is 3. The fraction of sp³-hybridized carbons (Fsp3) is 0.389. The fourth-order valence-corrected chi connectivity index (χ4v) is 3.53. The van der Waals surface area contributed by atoms with Gasteiger partial charge in [-0.25, -0.2) is 0 Å². The zero-order valence-corrected chi connectivity index (χ0v) is 15.3. The average molecular weight is 376 g/mol. The highest BCUT2D eigenvalue weighted by atomic mass is 32.2. The number of hydrogen-bond acceptors (Lipinski definition) is 6. The lowest BCUT2D eigenvalue weighted by Gasteiger charge is -2.28. The molecule has 2 aliphatic rings. The number of hydrogen-bond donors (Lipinski definition) is 0. The monoisotopic (exact) mass is 376 g/mol. The summed E-state index contributed by atoms with van der Waals surface area (Å²) >= 11 is 0.847. The zero-order valence-electron chi connectivity index (χ0n) is 14.5. The van der Waals surface area contributed by atoms with Crippen molar-refractivity contribution in [3.05, 3.63) is 34.7 Å². The minimum Gasteiger partial charge on any atom is -0.494 e. The molecule has 1 aromatic rings. The van der Waals surface area contributed by atoms with Gasteiger partial charge in [0, 0.05) is 13.1 Å². The van der Waals surface area contributed by atoms with Crippen molar-refractivity contribution in [3.63, 3.8) is 0 Å². The second-order valence-corrected chi connectivity index (χ2v) is 6.76. The van der Waals surface area contributed by atoms with Crippen LogP contribution in [0.25, 0.3) is 6.08 Å². The maximum Gasteiger partial charge on any atom is 0.294 e. The molecule has 0 spiro atoms. The molecule has 0 bridgehead atoms. The summed E-state index contributed by atoms with van der Waals surface area (Å²) in [5.41, 5.74) is 0.765. The molecule has 0 unspecified atom stereocenters. The molecule has 3 amide bonds. The molecular formula is C18H20N2O5S. The highest BCUT2D eigenvalue weighted by molar-refractivity contribution is 8.18. The van der Waals surface area contributed by atoms with Gasteiger partial charge in [-0.15, -0.1) is 0 Å². The molecule has 26 heavy (non-hydrogen) atoms. The van der Waals surface area contributed by atoms with Crippen molar-refractivity contribution in [2.24, 2.45) is 0 Å². The van der Waals surface area contributed by atoms with Crippen molar-refractivity contribution in [2.75, 3.05) is 39.5 Å². The van der Waals surface area contributed by atoms with Gasteiger partial charge in [-0.3, -0.25) is 19.3 Å². The number of carbonyl (C=O) groups excluding carboxylic acids is 3. The van der Waals surface area contributed by atoms with Gasteiger partial charge in [0.2, 0.25) is 5.91 Å². The standard InChI is InChI=1S/C18H20N2O5S/c1-2-25-14-5-3-4-13(10-14)11-15-17(22)20(18(23)26-15)12-16(21)19-6-8-24-9-7-19/h3-5,10-11H,2,6-9,12H2,1H3/b15-11-. The molecular weight excluding hydrogens is 356 g/mol. The molecule has 2 saturated heterocycles. The molecule has 2 fully saturated rings. The first-order valence-corrected chi connectivity index (χ1v) is 9.24. The van der Waals surface area contributed by atoms with Crippen LogP contribution in [-0.2, 0) is 14.3 Å². The Bertz CT molecular complexity index is 743. The van der Waals surface area contributed by atoms with Crippen LogP contribution in [0.1, 0.15) is 12.5 Å². The second kappa shape index (κ2) is 8.37. The lowest BCUT2D eigenvalue weighted by molar-refractivity contribution is -0.139. The minimum atomic E-state index is -0.441. The molecule has 0 aromatic heterocycles. The van der Waals surface area contributed by atoms with Crippen LogP contribution in [0.4, 0.5) is 4.79 Å². The van der Waals surface area contributed by atoms with E-state index in [2.05, 4.69) is 0 Å². The van der Waals surface area contributed by atoms with Gasteiger partial charge in [0.15, 0.2) is 0 Å². The van der Waals surface area contributed by atoms with E-state index in [1.54, 1.807) is 17.0 Å². The smallest absolute Gasteiger partial charge is 0.294 e. The summed E-state index contributed by atoms with van der Waals surface area (Å²) in [5.74, 6) is 0.0154. The van der Waals surface area contributed by atoms with Crippen molar-refractivity contribution in [1.82, 2.24) is 9.80 Å². The first-order valence-electron chi connectivity index (χ1n) is 8.42. The highest BCUT2D eigenvalue weighted by Gasteiger charge is 2.37. The molecule has 8 heteroatoms. The number of thioether (sulfide) groups is 1. The summed E-state index contributed by atoms with van der Waals surface area (Å²) in [6, 6.07) is 7.28. The first-order chi connectivity index (χ1) is 12.6. The van der Waals surface area contributed by atoms with E-state index in [9.17, 15) is 14.4 Å². The maximum absolute atomic E-state index is 12.5. The van der Waals surface area contributed by atoms with Gasteiger partial charge in [0.1, 0.15) is 12.3 Å². The third-order valence-corrected chi connectivity index (χ3v) is 4.91. The van der Waals surface area contributed by atoms with Gasteiger partial charge in [-0.2, -0.15) is 0 Å². The Labute approximate surface area is 155 Å². The summed E-state index contributed by atoms with van der Waals surface area (Å²) in [4.78, 5) is 39.9. The number of amides is 3. The Balaban J connectivity index is 1.70. The van der Waals surface area contributed by atoms with Gasteiger partial charge < -0.3 is 14.4 Å². The van der Waals surface area contributed by atoms with E-state index < -0.39 is 11.1 Å². The topological polar surface area (TPSA) is 76.2 Å². The number of imide groups is 1. The van der Waals surface area contributed by atoms with Crippen LogP contribution in [0.2, 0.25) is 0 Å². The maximum atomic E-state index is 12.5. The quantitative estimate of drug-likeness (QED) is 0.732. The van der Waals surface area contributed by atoms with Crippen molar-refractivity contribution in [2.45, 2.75) is 6.92 Å². The van der Waals surface area contributed by atoms with Gasteiger partial charge in [-0.05, 0) is 42.5 Å². The van der Waals surface area contributed by atoms with E-state index in [1.165, 1.54) is 0 Å². The Morgan fingerprint density at radius 1 is 1.31 bits per heavy atom. The molecule has 7 nitrogen and oxygen atoms in total. The summed E-state index contributed by atoms with van der Waals surface area (Å²) in [5, 5.41) is -0.427. The summed E-state index contributed by atoms with van der Waals surface area (Å²) < 4.78 is 10.6. The van der Waals surface area contributed by atoms with Crippen LogP contribution in [-0.4, -0.2) is 66.3 Å². The summed E-state index contributed by atoms with van der Waals surface area (Å²) in [7, 11) is 0. The van der Waals surface area contributed by atoms with E-state index in [0.717, 1.165) is 22.2 Å². The predicted octanol–water partition coefficient (Wildman–Crippen LogP) is 1.98. The minimum absolute atomic E-state index is 0.235. The van der Waals surface area contributed by atoms with E-state index >= 15 is 0 Å². The molecule has 0 saturated carbocycles. The molecule has 0 radical (unpaired) electrons. The van der Waals surface area contributed by atoms with Crippen LogP contribution in [0.15, 0.2) is 29.2 Å². The van der Waals surface area contributed by atoms with Gasteiger partial charge >= 0.3 is 0 Å². The van der Waals surface area contributed by atoms with E-state index in [0.29, 0.717) is 43.6 Å². The Morgan fingerprint density at radius 3 is 2.81 bits per heavy atom. The summed E-state index contributed by atoms with van der Waals surface area (Å²) in [6.07, 6.45) is 1.65. The number of ether oxygens (including phenoxy) is 2. The SMILES string of the molecule is CCOc1cccc(/C=C2\SC(=O)N(CC(=O)N3CCOCC3)C2=O)c1. The normalized spacial score (nSPS) is 19.3. The van der Waals surface area contributed by atoms with Gasteiger partial charge in [0.25, 0.3) is 11.1 Å². The van der Waals surface area contributed by atoms with Crippen molar-refractivity contribution < 1.29 is 23.9 Å². The second-order valence-electron chi connectivity index (χ2n) is 5.77. The van der Waals surface area contributed by atoms with E-state index in [4.69, 9.17) is 9.47 Å². The van der Waals surface area contributed by atoms with Crippen molar-refractivity contribution in [1.29, 1.82) is 0 Å². The largest absolute Gasteiger partial charge is 0.494 e. The van der Waals surface area contributed by atoms with E-state index in [-0.39, 0.29) is 12.5 Å². The lowest BCUT2D eigenvalue weighted by atomic mass is 10.2. The first kappa shape index (κ1) is 18.5. The average Bonchev–Trinajstić information content (AvgIpc) is 2.90. The third kappa shape index (κ3) is 4.25.